The van der Waals surface area contributed by atoms with E-state index in [0.29, 0.717) is 16.6 Å². The number of ketones is 1. The number of hydrogen-bond acceptors (Lipinski definition) is 3. The standard InChI is InChI=1S/C26H23N3O3/c30-24(28-14-5-6-15-28)17-29-16-21(20-11-3-4-13-23(20)29)25(31)26(32)27-22-12-7-9-18-8-1-2-10-19(18)22/h1-4,7-13,16H,5-6,14-15,17H2,(H,27,32). The lowest BCUT2D eigenvalue weighted by Gasteiger charge is -2.15. The molecule has 2 amide bonds. The molecule has 4 aromatic rings. The number of carbonyl (C=O) groups is 3. The Labute approximate surface area is 185 Å². The predicted octanol–water partition coefficient (Wildman–Crippen LogP) is 4.24. The van der Waals surface area contributed by atoms with Crippen LogP contribution in [0.2, 0.25) is 0 Å². The van der Waals surface area contributed by atoms with Gasteiger partial charge >= 0.3 is 0 Å². The number of amides is 2. The molecule has 160 valence electrons. The van der Waals surface area contributed by atoms with E-state index < -0.39 is 11.7 Å². The highest BCUT2D eigenvalue weighted by atomic mass is 16.2. The molecule has 6 heteroatoms. The number of aromatic nitrogens is 1. The van der Waals surface area contributed by atoms with Gasteiger partial charge in [0.15, 0.2) is 0 Å². The fourth-order valence-electron chi connectivity index (χ4n) is 4.41. The number of nitrogens with zero attached hydrogens (tertiary/aromatic N) is 2. The van der Waals surface area contributed by atoms with Crippen LogP contribution in [0.25, 0.3) is 21.7 Å². The lowest BCUT2D eigenvalue weighted by Crippen LogP contribution is -2.30. The fourth-order valence-corrected chi connectivity index (χ4v) is 4.41. The van der Waals surface area contributed by atoms with Crippen molar-refractivity contribution in [2.24, 2.45) is 0 Å². The summed E-state index contributed by atoms with van der Waals surface area (Å²) in [6.45, 7) is 1.70. The zero-order chi connectivity index (χ0) is 22.1. The maximum Gasteiger partial charge on any atom is 0.296 e. The maximum atomic E-state index is 13.1. The topological polar surface area (TPSA) is 71.4 Å². The number of rotatable bonds is 5. The summed E-state index contributed by atoms with van der Waals surface area (Å²) in [6.07, 6.45) is 3.68. The average molecular weight is 425 g/mol. The van der Waals surface area contributed by atoms with Crippen LogP contribution in [0, 0.1) is 0 Å². The molecule has 1 aliphatic rings. The molecule has 1 N–H and O–H groups in total. The van der Waals surface area contributed by atoms with Crippen molar-refractivity contribution in [1.29, 1.82) is 0 Å². The molecule has 0 spiro atoms. The summed E-state index contributed by atoms with van der Waals surface area (Å²) >= 11 is 0. The average Bonchev–Trinajstić information content (AvgIpc) is 3.48. The van der Waals surface area contributed by atoms with Gasteiger partial charge in [-0.2, -0.15) is 0 Å². The molecule has 1 saturated heterocycles. The van der Waals surface area contributed by atoms with Gasteiger partial charge in [-0.05, 0) is 30.4 Å². The van der Waals surface area contributed by atoms with Crippen LogP contribution >= 0.6 is 0 Å². The van der Waals surface area contributed by atoms with Crippen LogP contribution in [0.4, 0.5) is 5.69 Å². The number of carbonyl (C=O) groups excluding carboxylic acids is 3. The van der Waals surface area contributed by atoms with E-state index in [1.807, 2.05) is 65.6 Å². The van der Waals surface area contributed by atoms with Gasteiger partial charge in [-0.15, -0.1) is 0 Å². The van der Waals surface area contributed by atoms with Gasteiger partial charge in [-0.3, -0.25) is 14.4 Å². The van der Waals surface area contributed by atoms with E-state index in [9.17, 15) is 14.4 Å². The third kappa shape index (κ3) is 3.64. The number of fused-ring (bicyclic) bond motifs is 2. The third-order valence-corrected chi connectivity index (χ3v) is 6.04. The Morgan fingerprint density at radius 1 is 0.812 bits per heavy atom. The highest BCUT2D eigenvalue weighted by molar-refractivity contribution is 6.48. The van der Waals surface area contributed by atoms with Gasteiger partial charge in [0.25, 0.3) is 11.7 Å². The van der Waals surface area contributed by atoms with Crippen LogP contribution in [0.3, 0.4) is 0 Å². The first kappa shape index (κ1) is 20.0. The van der Waals surface area contributed by atoms with Crippen molar-refractivity contribution in [3.8, 4) is 0 Å². The Kier molecular flexibility index (Phi) is 5.19. The Bertz CT molecular complexity index is 1340. The highest BCUT2D eigenvalue weighted by Crippen LogP contribution is 2.25. The number of anilines is 1. The van der Waals surface area contributed by atoms with Gasteiger partial charge in [-0.1, -0.05) is 54.6 Å². The third-order valence-electron chi connectivity index (χ3n) is 6.04. The van der Waals surface area contributed by atoms with Crippen molar-refractivity contribution in [1.82, 2.24) is 9.47 Å². The van der Waals surface area contributed by atoms with Crippen molar-refractivity contribution in [2.45, 2.75) is 19.4 Å². The van der Waals surface area contributed by atoms with Gasteiger partial charge in [0.05, 0.1) is 5.56 Å². The summed E-state index contributed by atoms with van der Waals surface area (Å²) < 4.78 is 1.77. The number of nitrogens with one attached hydrogen (secondary N) is 1. The molecule has 0 saturated carbocycles. The number of likely N-dealkylation sites (tertiary alicyclic amines) is 1. The summed E-state index contributed by atoms with van der Waals surface area (Å²) in [4.78, 5) is 40.6. The molecule has 5 rings (SSSR count). The lowest BCUT2D eigenvalue weighted by atomic mass is 10.1. The quantitative estimate of drug-likeness (QED) is 0.384. The molecule has 0 radical (unpaired) electrons. The second-order valence-corrected chi connectivity index (χ2v) is 8.09. The second kappa shape index (κ2) is 8.30. The van der Waals surface area contributed by atoms with E-state index in [1.165, 1.54) is 0 Å². The van der Waals surface area contributed by atoms with Crippen LogP contribution in [0.5, 0.6) is 0 Å². The molecule has 0 atom stereocenters. The van der Waals surface area contributed by atoms with Gasteiger partial charge < -0.3 is 14.8 Å². The summed E-state index contributed by atoms with van der Waals surface area (Å²) in [5.41, 5.74) is 1.66. The Morgan fingerprint density at radius 2 is 1.50 bits per heavy atom. The number of para-hydroxylation sites is 1. The van der Waals surface area contributed by atoms with Crippen LogP contribution in [-0.4, -0.2) is 40.2 Å². The van der Waals surface area contributed by atoms with E-state index in [4.69, 9.17) is 0 Å². The van der Waals surface area contributed by atoms with E-state index in [1.54, 1.807) is 16.8 Å². The summed E-state index contributed by atoms with van der Waals surface area (Å²) in [7, 11) is 0. The minimum absolute atomic E-state index is 0.0301. The molecular formula is C26H23N3O3. The first-order chi connectivity index (χ1) is 15.6. The first-order valence-corrected chi connectivity index (χ1v) is 10.8. The van der Waals surface area contributed by atoms with Crippen molar-refractivity contribution in [3.05, 3.63) is 78.5 Å². The number of benzene rings is 3. The Morgan fingerprint density at radius 3 is 2.31 bits per heavy atom. The zero-order valence-electron chi connectivity index (χ0n) is 17.6. The minimum Gasteiger partial charge on any atom is -0.341 e. The van der Waals surface area contributed by atoms with E-state index in [2.05, 4.69) is 5.32 Å². The lowest BCUT2D eigenvalue weighted by molar-refractivity contribution is -0.130. The number of hydrogen-bond donors (Lipinski definition) is 1. The SMILES string of the molecule is O=C(Nc1cccc2ccccc12)C(=O)c1cn(CC(=O)N2CCCC2)c2ccccc12. The van der Waals surface area contributed by atoms with E-state index in [0.717, 1.165) is 42.2 Å². The van der Waals surface area contributed by atoms with Gasteiger partial charge in [0.1, 0.15) is 6.54 Å². The molecule has 1 fully saturated rings. The first-order valence-electron chi connectivity index (χ1n) is 10.8. The fraction of sp³-hybridized carbons (Fsp3) is 0.192. The van der Waals surface area contributed by atoms with Gasteiger partial charge in [0, 0.05) is 41.3 Å². The van der Waals surface area contributed by atoms with Crippen molar-refractivity contribution >= 4 is 45.0 Å². The highest BCUT2D eigenvalue weighted by Gasteiger charge is 2.24. The van der Waals surface area contributed by atoms with Crippen molar-refractivity contribution in [2.75, 3.05) is 18.4 Å². The van der Waals surface area contributed by atoms with Crippen LogP contribution in [0.15, 0.2) is 72.9 Å². The van der Waals surface area contributed by atoms with Crippen LogP contribution in [-0.2, 0) is 16.1 Å². The van der Waals surface area contributed by atoms with Gasteiger partial charge in [0.2, 0.25) is 5.91 Å². The number of Topliss-reactive ketones (excluding diaryl/α,β-unsaturated/α-hetero) is 1. The smallest absolute Gasteiger partial charge is 0.296 e. The van der Waals surface area contributed by atoms with Crippen molar-refractivity contribution < 1.29 is 14.4 Å². The monoisotopic (exact) mass is 425 g/mol. The van der Waals surface area contributed by atoms with E-state index >= 15 is 0 Å². The molecule has 3 aromatic carbocycles. The molecule has 1 aliphatic heterocycles. The van der Waals surface area contributed by atoms with Gasteiger partial charge in [-0.25, -0.2) is 0 Å². The second-order valence-electron chi connectivity index (χ2n) is 8.09. The van der Waals surface area contributed by atoms with E-state index in [-0.39, 0.29) is 12.5 Å². The summed E-state index contributed by atoms with van der Waals surface area (Å²) in [6, 6.07) is 20.6. The molecule has 0 unspecified atom stereocenters. The summed E-state index contributed by atoms with van der Waals surface area (Å²) in [5, 5.41) is 5.29. The molecule has 6 nitrogen and oxygen atoms in total. The largest absolute Gasteiger partial charge is 0.341 e. The molecule has 0 aliphatic carbocycles. The summed E-state index contributed by atoms with van der Waals surface area (Å²) in [5.74, 6) is -1.29. The zero-order valence-corrected chi connectivity index (χ0v) is 17.6. The molecule has 2 heterocycles. The molecular weight excluding hydrogens is 402 g/mol. The maximum absolute atomic E-state index is 13.1. The Balaban J connectivity index is 1.44. The van der Waals surface area contributed by atoms with Crippen LogP contribution < -0.4 is 5.32 Å². The Hall–Kier alpha value is -3.93. The normalized spacial score (nSPS) is 13.6. The molecule has 0 bridgehead atoms. The molecule has 32 heavy (non-hydrogen) atoms. The molecule has 1 aromatic heterocycles. The van der Waals surface area contributed by atoms with Crippen LogP contribution in [0.1, 0.15) is 23.2 Å². The van der Waals surface area contributed by atoms with Crippen molar-refractivity contribution in [3.63, 3.8) is 0 Å². The minimum atomic E-state index is -0.699. The predicted molar refractivity (Wildman–Crippen MR) is 125 cm³/mol.